The van der Waals surface area contributed by atoms with Crippen molar-refractivity contribution in [3.05, 3.63) is 34.1 Å². The van der Waals surface area contributed by atoms with Crippen molar-refractivity contribution in [1.29, 1.82) is 0 Å². The molecule has 0 radical (unpaired) electrons. The van der Waals surface area contributed by atoms with Gasteiger partial charge in [0.1, 0.15) is 11.5 Å². The number of hydrogen-bond acceptors (Lipinski definition) is 4. The first kappa shape index (κ1) is 11.3. The molecule has 1 aliphatic heterocycles. The van der Waals surface area contributed by atoms with Gasteiger partial charge in [0.2, 0.25) is 5.91 Å². The smallest absolute Gasteiger partial charge is 0.292 e. The number of benzene rings is 1. The summed E-state index contributed by atoms with van der Waals surface area (Å²) < 4.78 is 13.0. The van der Waals surface area contributed by atoms with Crippen LogP contribution in [0.1, 0.15) is 6.42 Å². The number of nitro groups is 1. The van der Waals surface area contributed by atoms with Gasteiger partial charge >= 0.3 is 0 Å². The molecule has 0 saturated carbocycles. The molecule has 0 spiro atoms. The van der Waals surface area contributed by atoms with Crippen LogP contribution in [0.25, 0.3) is 0 Å². The number of halogens is 1. The van der Waals surface area contributed by atoms with Crippen LogP contribution >= 0.6 is 0 Å². The maximum Gasteiger partial charge on any atom is 0.292 e. The fourth-order valence-corrected chi connectivity index (χ4v) is 1.71. The minimum absolute atomic E-state index is 0.0940. The van der Waals surface area contributed by atoms with Gasteiger partial charge in [-0.15, -0.1) is 0 Å². The molecule has 1 heterocycles. The Balaban J connectivity index is 2.21. The monoisotopic (exact) mass is 239 g/mol. The second-order valence-electron chi connectivity index (χ2n) is 3.77. The van der Waals surface area contributed by atoms with E-state index in [1.54, 1.807) is 0 Å². The summed E-state index contributed by atoms with van der Waals surface area (Å²) in [4.78, 5) is 21.1. The van der Waals surface area contributed by atoms with Crippen LogP contribution in [0.15, 0.2) is 18.2 Å². The van der Waals surface area contributed by atoms with Gasteiger partial charge in [0.05, 0.1) is 11.0 Å². The topological polar surface area (TPSA) is 84.3 Å². The Kier molecular flexibility index (Phi) is 2.90. The molecule has 1 saturated heterocycles. The van der Waals surface area contributed by atoms with Crippen molar-refractivity contribution in [3.63, 3.8) is 0 Å². The second-order valence-corrected chi connectivity index (χ2v) is 3.77. The molecule has 1 fully saturated rings. The second kappa shape index (κ2) is 4.36. The zero-order chi connectivity index (χ0) is 12.4. The molecule has 1 aliphatic rings. The number of anilines is 1. The van der Waals surface area contributed by atoms with Crippen molar-refractivity contribution < 1.29 is 14.1 Å². The summed E-state index contributed by atoms with van der Waals surface area (Å²) in [6, 6.07) is 2.94. The Morgan fingerprint density at radius 2 is 2.29 bits per heavy atom. The van der Waals surface area contributed by atoms with Gasteiger partial charge in [0, 0.05) is 25.1 Å². The van der Waals surface area contributed by atoms with E-state index in [2.05, 4.69) is 10.6 Å². The van der Waals surface area contributed by atoms with Crippen molar-refractivity contribution in [3.8, 4) is 0 Å². The summed E-state index contributed by atoms with van der Waals surface area (Å²) in [5.41, 5.74) is -0.109. The lowest BCUT2D eigenvalue weighted by Crippen LogP contribution is -2.22. The van der Waals surface area contributed by atoms with Gasteiger partial charge in [-0.25, -0.2) is 4.39 Å². The van der Waals surface area contributed by atoms with Crippen LogP contribution in [0.5, 0.6) is 0 Å². The standard InChI is InChI=1S/C10H10FN3O3/c11-6-1-2-9(14(16)17)8(3-6)13-7-4-10(15)12-5-7/h1-3,7,13H,4-5H2,(H,12,15). The Hall–Kier alpha value is -2.18. The molecule has 0 aliphatic carbocycles. The molecule has 90 valence electrons. The molecular weight excluding hydrogens is 229 g/mol. The molecule has 1 aromatic rings. The number of carbonyl (C=O) groups excluding carboxylic acids is 1. The van der Waals surface area contributed by atoms with Crippen molar-refractivity contribution in [2.45, 2.75) is 12.5 Å². The average Bonchev–Trinajstić information content (AvgIpc) is 2.63. The first-order valence-corrected chi connectivity index (χ1v) is 5.03. The molecule has 2 N–H and O–H groups in total. The molecule has 6 nitrogen and oxygen atoms in total. The van der Waals surface area contributed by atoms with Gasteiger partial charge in [-0.3, -0.25) is 14.9 Å². The normalized spacial score (nSPS) is 18.9. The lowest BCUT2D eigenvalue weighted by molar-refractivity contribution is -0.384. The highest BCUT2D eigenvalue weighted by Crippen LogP contribution is 2.26. The summed E-state index contributed by atoms with van der Waals surface area (Å²) in [6.07, 6.45) is 0.230. The Bertz CT molecular complexity index is 478. The number of rotatable bonds is 3. The lowest BCUT2D eigenvalue weighted by Gasteiger charge is -2.11. The van der Waals surface area contributed by atoms with Gasteiger partial charge in [-0.1, -0.05) is 0 Å². The van der Waals surface area contributed by atoms with Crippen molar-refractivity contribution in [2.75, 3.05) is 11.9 Å². The SMILES string of the molecule is O=C1CC(Nc2cc(F)ccc2[N+](=O)[O-])CN1. The summed E-state index contributed by atoms with van der Waals surface area (Å²) >= 11 is 0. The summed E-state index contributed by atoms with van der Waals surface area (Å²) in [6.45, 7) is 0.381. The van der Waals surface area contributed by atoms with E-state index in [-0.39, 0.29) is 29.7 Å². The van der Waals surface area contributed by atoms with Gasteiger partial charge in [-0.05, 0) is 6.07 Å². The van der Waals surface area contributed by atoms with Gasteiger partial charge in [0.15, 0.2) is 0 Å². The van der Waals surface area contributed by atoms with Crippen molar-refractivity contribution >= 4 is 17.3 Å². The van der Waals surface area contributed by atoms with Crippen LogP contribution in [0, 0.1) is 15.9 Å². The number of hydrogen-bond donors (Lipinski definition) is 2. The van der Waals surface area contributed by atoms with E-state index in [1.165, 1.54) is 0 Å². The number of carbonyl (C=O) groups is 1. The molecular formula is C10H10FN3O3. The molecule has 1 aromatic carbocycles. The van der Waals surface area contributed by atoms with E-state index >= 15 is 0 Å². The van der Waals surface area contributed by atoms with Crippen LogP contribution in [-0.4, -0.2) is 23.4 Å². The zero-order valence-electron chi connectivity index (χ0n) is 8.77. The van der Waals surface area contributed by atoms with Crippen molar-refractivity contribution in [2.24, 2.45) is 0 Å². The first-order chi connectivity index (χ1) is 8.06. The molecule has 0 aromatic heterocycles. The largest absolute Gasteiger partial charge is 0.374 e. The van der Waals surface area contributed by atoms with E-state index in [1.807, 2.05) is 0 Å². The van der Waals surface area contributed by atoms with Gasteiger partial charge in [-0.2, -0.15) is 0 Å². The lowest BCUT2D eigenvalue weighted by atomic mass is 10.2. The van der Waals surface area contributed by atoms with E-state index < -0.39 is 10.7 Å². The van der Waals surface area contributed by atoms with Gasteiger partial charge < -0.3 is 10.6 Å². The fourth-order valence-electron chi connectivity index (χ4n) is 1.71. The average molecular weight is 239 g/mol. The highest BCUT2D eigenvalue weighted by Gasteiger charge is 2.24. The van der Waals surface area contributed by atoms with E-state index in [0.717, 1.165) is 18.2 Å². The highest BCUT2D eigenvalue weighted by molar-refractivity contribution is 5.80. The molecule has 17 heavy (non-hydrogen) atoms. The number of nitrogens with one attached hydrogen (secondary N) is 2. The maximum absolute atomic E-state index is 13.0. The summed E-state index contributed by atoms with van der Waals surface area (Å²) in [5.74, 6) is -0.683. The molecule has 0 bridgehead atoms. The highest BCUT2D eigenvalue weighted by atomic mass is 19.1. The third kappa shape index (κ3) is 2.49. The summed E-state index contributed by atoms with van der Waals surface area (Å²) in [7, 11) is 0. The third-order valence-electron chi connectivity index (χ3n) is 2.49. The first-order valence-electron chi connectivity index (χ1n) is 5.03. The molecule has 7 heteroatoms. The zero-order valence-corrected chi connectivity index (χ0v) is 8.77. The predicted octanol–water partition coefficient (Wildman–Crippen LogP) is 1.03. The van der Waals surface area contributed by atoms with Crippen LogP contribution < -0.4 is 10.6 Å². The number of nitrogens with zero attached hydrogens (tertiary/aromatic N) is 1. The fraction of sp³-hybridized carbons (Fsp3) is 0.300. The van der Waals surface area contributed by atoms with Crippen LogP contribution in [0.2, 0.25) is 0 Å². The van der Waals surface area contributed by atoms with Crippen LogP contribution in [-0.2, 0) is 4.79 Å². The van der Waals surface area contributed by atoms with E-state index in [9.17, 15) is 19.3 Å². The maximum atomic E-state index is 13.0. The van der Waals surface area contributed by atoms with Crippen LogP contribution in [0.4, 0.5) is 15.8 Å². The molecule has 1 atom stereocenters. The molecule has 1 unspecified atom stereocenters. The molecule has 2 rings (SSSR count). The quantitative estimate of drug-likeness (QED) is 0.609. The Labute approximate surface area is 96.0 Å². The van der Waals surface area contributed by atoms with Gasteiger partial charge in [0.25, 0.3) is 5.69 Å². The summed E-state index contributed by atoms with van der Waals surface area (Å²) in [5, 5.41) is 16.1. The third-order valence-corrected chi connectivity index (χ3v) is 2.49. The van der Waals surface area contributed by atoms with Crippen molar-refractivity contribution in [1.82, 2.24) is 5.32 Å². The minimum Gasteiger partial charge on any atom is -0.374 e. The number of nitro benzene ring substituents is 1. The Morgan fingerprint density at radius 1 is 1.53 bits per heavy atom. The van der Waals surface area contributed by atoms with E-state index in [4.69, 9.17) is 0 Å². The predicted molar refractivity (Wildman–Crippen MR) is 58.1 cm³/mol. The minimum atomic E-state index is -0.591. The van der Waals surface area contributed by atoms with E-state index in [0.29, 0.717) is 6.54 Å². The van der Waals surface area contributed by atoms with Crippen LogP contribution in [0.3, 0.4) is 0 Å². The molecule has 1 amide bonds. The Morgan fingerprint density at radius 3 is 2.88 bits per heavy atom. The number of amides is 1.